The minimum absolute atomic E-state index is 0.0356. The molecule has 0 spiro atoms. The zero-order chi connectivity index (χ0) is 19.4. The maximum atomic E-state index is 12.1. The lowest BCUT2D eigenvalue weighted by molar-refractivity contribution is -0.385. The predicted molar refractivity (Wildman–Crippen MR) is 101 cm³/mol. The second kappa shape index (κ2) is 7.65. The van der Waals surface area contributed by atoms with Crippen molar-refractivity contribution in [2.45, 2.75) is 6.92 Å². The van der Waals surface area contributed by atoms with Gasteiger partial charge < -0.3 is 9.47 Å². The summed E-state index contributed by atoms with van der Waals surface area (Å²) in [5, 5.41) is 11.1. The van der Waals surface area contributed by atoms with Gasteiger partial charge in [-0.05, 0) is 36.8 Å². The molecule has 2 aromatic rings. The van der Waals surface area contributed by atoms with Crippen LogP contribution in [0, 0.1) is 17.0 Å². The van der Waals surface area contributed by atoms with E-state index in [0.717, 1.165) is 0 Å². The first-order chi connectivity index (χ1) is 13.0. The molecule has 0 aromatic heterocycles. The molecule has 7 heteroatoms. The normalized spacial score (nSPS) is 14.6. The van der Waals surface area contributed by atoms with E-state index in [1.807, 2.05) is 0 Å². The number of carbonyl (C=O) groups is 1. The summed E-state index contributed by atoms with van der Waals surface area (Å²) in [6.45, 7) is 5.60. The van der Waals surface area contributed by atoms with Crippen molar-refractivity contribution in [3.63, 3.8) is 0 Å². The van der Waals surface area contributed by atoms with E-state index in [0.29, 0.717) is 29.0 Å². The molecule has 2 aromatic carbocycles. The summed E-state index contributed by atoms with van der Waals surface area (Å²) in [4.78, 5) is 26.9. The molecule has 1 heterocycles. The van der Waals surface area contributed by atoms with E-state index in [-0.39, 0.29) is 17.3 Å². The van der Waals surface area contributed by atoms with Crippen molar-refractivity contribution in [2.24, 2.45) is 4.99 Å². The number of rotatable bonds is 6. The van der Waals surface area contributed by atoms with Gasteiger partial charge in [0.2, 0.25) is 5.90 Å². The summed E-state index contributed by atoms with van der Waals surface area (Å²) < 4.78 is 10.6. The Kier molecular flexibility index (Phi) is 5.12. The Morgan fingerprint density at radius 2 is 2.11 bits per heavy atom. The van der Waals surface area contributed by atoms with Crippen LogP contribution in [-0.2, 0) is 9.53 Å². The summed E-state index contributed by atoms with van der Waals surface area (Å²) in [5.41, 5.74) is 1.64. The standard InChI is InChI=1S/C20H16N2O5/c1-3-9-26-16-6-4-5-14(10-16)11-17-20(23)27-19(21-17)15-8-7-13(2)18(12-15)22(24)25/h3-8,10-12H,1,9H2,2H3/b17-11+. The molecule has 7 nitrogen and oxygen atoms in total. The van der Waals surface area contributed by atoms with Gasteiger partial charge in [0.15, 0.2) is 5.70 Å². The maximum absolute atomic E-state index is 12.1. The number of aliphatic imine (C=N–C) groups is 1. The molecule has 0 unspecified atom stereocenters. The first kappa shape index (κ1) is 18.1. The number of esters is 1. The number of cyclic esters (lactones) is 1. The van der Waals surface area contributed by atoms with Crippen LogP contribution in [0.2, 0.25) is 0 Å². The van der Waals surface area contributed by atoms with Crippen molar-refractivity contribution in [3.05, 3.63) is 87.6 Å². The third-order valence-electron chi connectivity index (χ3n) is 3.80. The topological polar surface area (TPSA) is 91.0 Å². The minimum atomic E-state index is -0.620. The van der Waals surface area contributed by atoms with Gasteiger partial charge in [0.05, 0.1) is 4.92 Å². The lowest BCUT2D eigenvalue weighted by Gasteiger charge is -2.03. The molecule has 0 N–H and O–H groups in total. The average molecular weight is 364 g/mol. The number of aryl methyl sites for hydroxylation is 1. The molecule has 136 valence electrons. The first-order valence-electron chi connectivity index (χ1n) is 8.09. The van der Waals surface area contributed by atoms with Crippen molar-refractivity contribution in [1.82, 2.24) is 0 Å². The van der Waals surface area contributed by atoms with Crippen LogP contribution in [0.3, 0.4) is 0 Å². The number of nitro benzene ring substituents is 1. The number of nitrogens with zero attached hydrogens (tertiary/aromatic N) is 2. The molecule has 1 aliphatic heterocycles. The number of hydrogen-bond acceptors (Lipinski definition) is 6. The molecule has 0 saturated carbocycles. The highest BCUT2D eigenvalue weighted by atomic mass is 16.6. The van der Waals surface area contributed by atoms with Gasteiger partial charge in [-0.2, -0.15) is 0 Å². The van der Waals surface area contributed by atoms with E-state index in [2.05, 4.69) is 11.6 Å². The van der Waals surface area contributed by atoms with Crippen molar-refractivity contribution in [2.75, 3.05) is 6.61 Å². The number of ether oxygens (including phenoxy) is 2. The SMILES string of the molecule is C=CCOc1cccc(/C=C2/N=C(c3ccc(C)c([N+](=O)[O-])c3)OC2=O)c1. The highest BCUT2D eigenvalue weighted by Gasteiger charge is 2.25. The van der Waals surface area contributed by atoms with E-state index in [1.54, 1.807) is 55.5 Å². The van der Waals surface area contributed by atoms with Gasteiger partial charge in [-0.25, -0.2) is 9.79 Å². The van der Waals surface area contributed by atoms with E-state index in [9.17, 15) is 14.9 Å². The van der Waals surface area contributed by atoms with Crippen molar-refractivity contribution in [1.29, 1.82) is 0 Å². The molecule has 0 amide bonds. The quantitative estimate of drug-likeness (QED) is 0.255. The highest BCUT2D eigenvalue weighted by Crippen LogP contribution is 2.24. The van der Waals surface area contributed by atoms with Gasteiger partial charge in [-0.3, -0.25) is 10.1 Å². The van der Waals surface area contributed by atoms with Crippen LogP contribution in [0.25, 0.3) is 6.08 Å². The van der Waals surface area contributed by atoms with E-state index >= 15 is 0 Å². The van der Waals surface area contributed by atoms with Gasteiger partial charge in [-0.1, -0.05) is 30.9 Å². The summed E-state index contributed by atoms with van der Waals surface area (Å²) in [6.07, 6.45) is 3.20. The molecule has 0 aliphatic carbocycles. The summed E-state index contributed by atoms with van der Waals surface area (Å²) in [6, 6.07) is 11.7. The third kappa shape index (κ3) is 4.09. The molecule has 3 rings (SSSR count). The highest BCUT2D eigenvalue weighted by molar-refractivity contribution is 6.13. The minimum Gasteiger partial charge on any atom is -0.490 e. The molecule has 0 fully saturated rings. The smallest absolute Gasteiger partial charge is 0.363 e. The van der Waals surface area contributed by atoms with Crippen molar-refractivity contribution in [3.8, 4) is 5.75 Å². The number of benzene rings is 2. The summed E-state index contributed by atoms with van der Waals surface area (Å²) in [5.74, 6) is 0.0491. The number of nitro groups is 1. The molecule has 0 radical (unpaired) electrons. The predicted octanol–water partition coefficient (Wildman–Crippen LogP) is 3.81. The summed E-state index contributed by atoms with van der Waals surface area (Å²) in [7, 11) is 0. The fraction of sp³-hybridized carbons (Fsp3) is 0.100. The fourth-order valence-corrected chi connectivity index (χ4v) is 2.48. The number of hydrogen-bond donors (Lipinski definition) is 0. The van der Waals surface area contributed by atoms with Crippen molar-refractivity contribution < 1.29 is 19.2 Å². The monoisotopic (exact) mass is 364 g/mol. The van der Waals surface area contributed by atoms with Crippen LogP contribution >= 0.6 is 0 Å². The van der Waals surface area contributed by atoms with E-state index in [1.165, 1.54) is 6.07 Å². The van der Waals surface area contributed by atoms with Gasteiger partial charge in [0.25, 0.3) is 5.69 Å². The van der Waals surface area contributed by atoms with Crippen LogP contribution < -0.4 is 4.74 Å². The summed E-state index contributed by atoms with van der Waals surface area (Å²) >= 11 is 0. The zero-order valence-electron chi connectivity index (χ0n) is 14.5. The maximum Gasteiger partial charge on any atom is 0.363 e. The van der Waals surface area contributed by atoms with Crippen LogP contribution in [0.4, 0.5) is 5.69 Å². The average Bonchev–Trinajstić information content (AvgIpc) is 3.01. The fourth-order valence-electron chi connectivity index (χ4n) is 2.48. The largest absolute Gasteiger partial charge is 0.490 e. The van der Waals surface area contributed by atoms with E-state index < -0.39 is 10.9 Å². The molecule has 27 heavy (non-hydrogen) atoms. The Balaban J connectivity index is 1.90. The molecular weight excluding hydrogens is 348 g/mol. The van der Waals surface area contributed by atoms with Crippen LogP contribution in [0.1, 0.15) is 16.7 Å². The van der Waals surface area contributed by atoms with Gasteiger partial charge in [-0.15, -0.1) is 0 Å². The van der Waals surface area contributed by atoms with Crippen LogP contribution in [0.5, 0.6) is 5.75 Å². The Labute approximate surface area is 155 Å². The molecule has 1 aliphatic rings. The Morgan fingerprint density at radius 1 is 1.30 bits per heavy atom. The molecule has 0 saturated heterocycles. The second-order valence-corrected chi connectivity index (χ2v) is 5.77. The van der Waals surface area contributed by atoms with Gasteiger partial charge in [0, 0.05) is 17.2 Å². The first-order valence-corrected chi connectivity index (χ1v) is 8.09. The molecule has 0 bridgehead atoms. The van der Waals surface area contributed by atoms with Gasteiger partial charge >= 0.3 is 5.97 Å². The Hall–Kier alpha value is -3.74. The van der Waals surface area contributed by atoms with Crippen LogP contribution in [0.15, 0.2) is 65.8 Å². The molecule has 0 atom stereocenters. The lowest BCUT2D eigenvalue weighted by atomic mass is 10.1. The lowest BCUT2D eigenvalue weighted by Crippen LogP contribution is -2.06. The third-order valence-corrected chi connectivity index (χ3v) is 3.80. The van der Waals surface area contributed by atoms with Gasteiger partial charge in [0.1, 0.15) is 12.4 Å². The Bertz CT molecular complexity index is 992. The van der Waals surface area contributed by atoms with Crippen molar-refractivity contribution >= 4 is 23.6 Å². The van der Waals surface area contributed by atoms with Crippen LogP contribution in [-0.4, -0.2) is 23.4 Å². The second-order valence-electron chi connectivity index (χ2n) is 5.77. The zero-order valence-corrected chi connectivity index (χ0v) is 14.5. The number of carbonyl (C=O) groups excluding carboxylic acids is 1. The van der Waals surface area contributed by atoms with E-state index in [4.69, 9.17) is 9.47 Å². The molecular formula is C20H16N2O5. The Morgan fingerprint density at radius 3 is 2.85 bits per heavy atom.